The van der Waals surface area contributed by atoms with Gasteiger partial charge in [0.1, 0.15) is 5.75 Å². The summed E-state index contributed by atoms with van der Waals surface area (Å²) in [5.41, 5.74) is 1.81. The van der Waals surface area contributed by atoms with Crippen LogP contribution in [0.25, 0.3) is 0 Å². The Morgan fingerprint density at radius 2 is 2.17 bits per heavy atom. The van der Waals surface area contributed by atoms with Gasteiger partial charge in [0.05, 0.1) is 13.2 Å². The van der Waals surface area contributed by atoms with Crippen molar-refractivity contribution in [1.29, 1.82) is 0 Å². The van der Waals surface area contributed by atoms with E-state index < -0.39 is 0 Å². The number of benzene rings is 1. The largest absolute Gasteiger partial charge is 0.497 e. The molecule has 0 spiro atoms. The van der Waals surface area contributed by atoms with E-state index in [1.54, 1.807) is 7.11 Å². The highest BCUT2D eigenvalue weighted by Gasteiger charge is 2.22. The Kier molecular flexibility index (Phi) is 4.37. The molecule has 1 atom stereocenters. The molecule has 1 aliphatic heterocycles. The molecule has 1 aliphatic rings. The smallest absolute Gasteiger partial charge is 0.179 e. The lowest BCUT2D eigenvalue weighted by Crippen LogP contribution is -2.36. The van der Waals surface area contributed by atoms with Gasteiger partial charge >= 0.3 is 0 Å². The van der Waals surface area contributed by atoms with Gasteiger partial charge < -0.3 is 10.1 Å². The van der Waals surface area contributed by atoms with Gasteiger partial charge in [0.15, 0.2) is 5.78 Å². The summed E-state index contributed by atoms with van der Waals surface area (Å²) in [6.07, 6.45) is 4.48. The molecule has 0 radical (unpaired) electrons. The minimum absolute atomic E-state index is 0.0143. The summed E-state index contributed by atoms with van der Waals surface area (Å²) in [6, 6.07) is 5.64. The number of rotatable bonds is 3. The molecule has 1 N–H and O–H groups in total. The predicted octanol–water partition coefficient (Wildman–Crippen LogP) is 2.72. The molecule has 3 heteroatoms. The third-order valence-electron chi connectivity index (χ3n) is 3.58. The van der Waals surface area contributed by atoms with Crippen LogP contribution in [0.1, 0.15) is 41.6 Å². The van der Waals surface area contributed by atoms with Crippen molar-refractivity contribution < 1.29 is 9.53 Å². The molecule has 0 saturated carbocycles. The number of carbonyl (C=O) groups is 1. The summed E-state index contributed by atoms with van der Waals surface area (Å²) in [5.74, 6) is 1.02. The fourth-order valence-electron chi connectivity index (χ4n) is 2.48. The first-order chi connectivity index (χ1) is 8.72. The van der Waals surface area contributed by atoms with Crippen molar-refractivity contribution in [1.82, 2.24) is 5.32 Å². The first-order valence-electron chi connectivity index (χ1n) is 6.64. The molecule has 0 amide bonds. The third-order valence-corrected chi connectivity index (χ3v) is 3.58. The molecular weight excluding hydrogens is 226 g/mol. The van der Waals surface area contributed by atoms with Crippen LogP contribution in [0.4, 0.5) is 0 Å². The Bertz CT molecular complexity index is 421. The highest BCUT2D eigenvalue weighted by molar-refractivity contribution is 6.01. The monoisotopic (exact) mass is 247 g/mol. The lowest BCUT2D eigenvalue weighted by atomic mass is 9.96. The van der Waals surface area contributed by atoms with Crippen LogP contribution in [-0.4, -0.2) is 25.5 Å². The van der Waals surface area contributed by atoms with Crippen LogP contribution in [-0.2, 0) is 0 Å². The first-order valence-corrected chi connectivity index (χ1v) is 6.64. The predicted molar refractivity (Wildman–Crippen MR) is 72.3 cm³/mol. The van der Waals surface area contributed by atoms with Gasteiger partial charge in [0.25, 0.3) is 0 Å². The van der Waals surface area contributed by atoms with Crippen molar-refractivity contribution in [3.05, 3.63) is 29.3 Å². The SMILES string of the molecule is COc1ccc(C(=O)C2CCCCCN2)c(C)c1. The molecule has 0 aliphatic carbocycles. The summed E-state index contributed by atoms with van der Waals surface area (Å²) in [7, 11) is 1.64. The van der Waals surface area contributed by atoms with Crippen LogP contribution in [0.15, 0.2) is 18.2 Å². The number of Topliss-reactive ketones (excluding diaryl/α,β-unsaturated/α-hetero) is 1. The van der Waals surface area contributed by atoms with Crippen molar-refractivity contribution in [2.45, 2.75) is 38.6 Å². The molecule has 2 rings (SSSR count). The van der Waals surface area contributed by atoms with E-state index in [4.69, 9.17) is 4.74 Å². The number of hydrogen-bond donors (Lipinski definition) is 1. The fourth-order valence-corrected chi connectivity index (χ4v) is 2.48. The Labute approximate surface area is 109 Å². The number of ketones is 1. The van der Waals surface area contributed by atoms with Crippen molar-refractivity contribution in [3.8, 4) is 5.75 Å². The minimum Gasteiger partial charge on any atom is -0.497 e. The molecule has 1 aromatic rings. The van der Waals surface area contributed by atoms with Crippen LogP contribution < -0.4 is 10.1 Å². The number of methoxy groups -OCH3 is 1. The van der Waals surface area contributed by atoms with Gasteiger partial charge in [-0.05, 0) is 50.1 Å². The maximum absolute atomic E-state index is 12.5. The molecule has 1 unspecified atom stereocenters. The molecular formula is C15H21NO2. The van der Waals surface area contributed by atoms with Gasteiger partial charge in [-0.3, -0.25) is 4.79 Å². The van der Waals surface area contributed by atoms with E-state index in [1.807, 2.05) is 25.1 Å². The summed E-state index contributed by atoms with van der Waals surface area (Å²) in [5, 5.41) is 3.35. The van der Waals surface area contributed by atoms with Crippen molar-refractivity contribution in [3.63, 3.8) is 0 Å². The molecule has 0 aromatic heterocycles. The molecule has 1 heterocycles. The first kappa shape index (κ1) is 13.1. The molecule has 18 heavy (non-hydrogen) atoms. The average molecular weight is 247 g/mol. The Hall–Kier alpha value is -1.35. The van der Waals surface area contributed by atoms with Gasteiger partial charge in [-0.15, -0.1) is 0 Å². The van der Waals surface area contributed by atoms with E-state index >= 15 is 0 Å². The van der Waals surface area contributed by atoms with Gasteiger partial charge in [-0.25, -0.2) is 0 Å². The summed E-state index contributed by atoms with van der Waals surface area (Å²) in [6.45, 7) is 2.91. The van der Waals surface area contributed by atoms with Gasteiger partial charge in [0, 0.05) is 5.56 Å². The Balaban J connectivity index is 2.16. The third kappa shape index (κ3) is 2.91. The maximum atomic E-state index is 12.5. The van der Waals surface area contributed by atoms with Gasteiger partial charge in [0.2, 0.25) is 0 Å². The number of hydrogen-bond acceptors (Lipinski definition) is 3. The van der Waals surface area contributed by atoms with Crippen molar-refractivity contribution >= 4 is 5.78 Å². The van der Waals surface area contributed by atoms with E-state index in [0.29, 0.717) is 0 Å². The van der Waals surface area contributed by atoms with Crippen LogP contribution in [0.3, 0.4) is 0 Å². The molecule has 1 saturated heterocycles. The standard InChI is InChI=1S/C15H21NO2/c1-11-10-12(18-2)7-8-13(11)15(17)14-6-4-3-5-9-16-14/h7-8,10,14,16H,3-6,9H2,1-2H3. The van der Waals surface area contributed by atoms with Crippen LogP contribution in [0.2, 0.25) is 0 Å². The summed E-state index contributed by atoms with van der Waals surface area (Å²) < 4.78 is 5.17. The lowest BCUT2D eigenvalue weighted by Gasteiger charge is -2.16. The zero-order chi connectivity index (χ0) is 13.0. The second kappa shape index (κ2) is 6.01. The van der Waals surface area contributed by atoms with Gasteiger partial charge in [-0.1, -0.05) is 12.8 Å². The second-order valence-electron chi connectivity index (χ2n) is 4.90. The molecule has 98 valence electrons. The lowest BCUT2D eigenvalue weighted by molar-refractivity contribution is 0.0940. The molecule has 1 fully saturated rings. The van der Waals surface area contributed by atoms with E-state index in [9.17, 15) is 4.79 Å². The normalized spacial score (nSPS) is 20.2. The number of carbonyl (C=O) groups excluding carboxylic acids is 1. The van der Waals surface area contributed by atoms with E-state index in [-0.39, 0.29) is 11.8 Å². The van der Waals surface area contributed by atoms with Crippen molar-refractivity contribution in [2.75, 3.05) is 13.7 Å². The Morgan fingerprint density at radius 1 is 1.33 bits per heavy atom. The van der Waals surface area contributed by atoms with E-state index in [0.717, 1.165) is 36.3 Å². The molecule has 3 nitrogen and oxygen atoms in total. The topological polar surface area (TPSA) is 38.3 Å². The number of ether oxygens (including phenoxy) is 1. The average Bonchev–Trinajstić information content (AvgIpc) is 2.66. The van der Waals surface area contributed by atoms with Crippen LogP contribution in [0, 0.1) is 6.92 Å². The zero-order valence-electron chi connectivity index (χ0n) is 11.2. The molecule has 0 bridgehead atoms. The summed E-state index contributed by atoms with van der Waals surface area (Å²) in [4.78, 5) is 12.5. The highest BCUT2D eigenvalue weighted by atomic mass is 16.5. The van der Waals surface area contributed by atoms with Crippen LogP contribution >= 0.6 is 0 Å². The molecule has 1 aromatic carbocycles. The highest BCUT2D eigenvalue weighted by Crippen LogP contribution is 2.20. The minimum atomic E-state index is -0.0143. The summed E-state index contributed by atoms with van der Waals surface area (Å²) >= 11 is 0. The quantitative estimate of drug-likeness (QED) is 0.835. The Morgan fingerprint density at radius 3 is 2.89 bits per heavy atom. The zero-order valence-corrected chi connectivity index (χ0v) is 11.2. The van der Waals surface area contributed by atoms with E-state index in [1.165, 1.54) is 12.8 Å². The van der Waals surface area contributed by atoms with E-state index in [2.05, 4.69) is 5.32 Å². The maximum Gasteiger partial charge on any atom is 0.179 e. The fraction of sp³-hybridized carbons (Fsp3) is 0.533. The second-order valence-corrected chi connectivity index (χ2v) is 4.90. The van der Waals surface area contributed by atoms with Gasteiger partial charge in [-0.2, -0.15) is 0 Å². The number of nitrogens with one attached hydrogen (secondary N) is 1. The van der Waals surface area contributed by atoms with Crippen LogP contribution in [0.5, 0.6) is 5.75 Å². The number of aryl methyl sites for hydroxylation is 1. The van der Waals surface area contributed by atoms with Crippen molar-refractivity contribution in [2.24, 2.45) is 0 Å².